The fourth-order valence-electron chi connectivity index (χ4n) is 1.10. The van der Waals surface area contributed by atoms with Crippen LogP contribution in [-0.4, -0.2) is 51.5 Å². The first kappa shape index (κ1) is 15.1. The average Bonchev–Trinajstić information content (AvgIpc) is 2.60. The minimum Gasteiger partial charge on any atom is -0.480 e. The summed E-state index contributed by atoms with van der Waals surface area (Å²) in [6, 6.07) is -1.20. The number of hydrogen-bond donors (Lipinski definition) is 2. The van der Waals surface area contributed by atoms with Gasteiger partial charge in [-0.05, 0) is 6.92 Å². The predicted molar refractivity (Wildman–Crippen MR) is 58.9 cm³/mol. The summed E-state index contributed by atoms with van der Waals surface area (Å²) in [4.78, 5) is 22.1. The number of carboxylic acids is 1. The molecule has 0 aliphatic rings. The van der Waals surface area contributed by atoms with Gasteiger partial charge in [-0.15, -0.1) is 10.2 Å². The molecule has 0 bridgehead atoms. The van der Waals surface area contributed by atoms with Crippen molar-refractivity contribution in [3.63, 3.8) is 0 Å². The Balaban J connectivity index is 2.73. The number of alkyl halides is 3. The number of nitrogens with zero attached hydrogens (tertiary/aromatic N) is 3. The Morgan fingerprint density at radius 2 is 2.05 bits per heavy atom. The van der Waals surface area contributed by atoms with Crippen LogP contribution in [0.25, 0.3) is 0 Å². The molecule has 0 spiro atoms. The third-order valence-electron chi connectivity index (χ3n) is 1.72. The van der Waals surface area contributed by atoms with Crippen LogP contribution in [0.3, 0.4) is 0 Å². The van der Waals surface area contributed by atoms with Crippen LogP contribution in [0.5, 0.6) is 0 Å². The molecule has 1 aromatic heterocycles. The summed E-state index contributed by atoms with van der Waals surface area (Å²) < 4.78 is 36.7. The van der Waals surface area contributed by atoms with Gasteiger partial charge in [-0.2, -0.15) is 13.2 Å². The fourth-order valence-corrected chi connectivity index (χ4v) is 1.68. The molecule has 0 unspecified atom stereocenters. The molecule has 1 aromatic rings. The maximum Gasteiger partial charge on any atom is 0.406 e. The van der Waals surface area contributed by atoms with Gasteiger partial charge in [-0.1, -0.05) is 11.3 Å². The molecule has 0 saturated carbocycles. The number of anilines is 1. The van der Waals surface area contributed by atoms with Crippen LogP contribution in [0.15, 0.2) is 0 Å². The number of carboxylic acid groups (broad SMARTS) is 1. The van der Waals surface area contributed by atoms with E-state index in [2.05, 4.69) is 15.5 Å². The molecule has 0 aliphatic carbocycles. The number of carbonyl (C=O) groups is 2. The lowest BCUT2D eigenvalue weighted by atomic mass is 10.5. The Kier molecular flexibility index (Phi) is 4.64. The van der Waals surface area contributed by atoms with Gasteiger partial charge in [0.15, 0.2) is 0 Å². The first-order valence-corrected chi connectivity index (χ1v) is 5.63. The van der Waals surface area contributed by atoms with E-state index < -0.39 is 31.3 Å². The molecule has 19 heavy (non-hydrogen) atoms. The van der Waals surface area contributed by atoms with Crippen molar-refractivity contribution in [1.82, 2.24) is 15.1 Å². The second-order valence-corrected chi connectivity index (χ2v) is 4.60. The highest BCUT2D eigenvalue weighted by atomic mass is 32.1. The summed E-state index contributed by atoms with van der Waals surface area (Å²) in [5, 5.41) is 18.1. The minimum atomic E-state index is -4.69. The van der Waals surface area contributed by atoms with E-state index in [1.165, 1.54) is 0 Å². The van der Waals surface area contributed by atoms with Gasteiger partial charge < -0.3 is 10.0 Å². The highest BCUT2D eigenvalue weighted by Crippen LogP contribution is 2.18. The predicted octanol–water partition coefficient (Wildman–Crippen LogP) is 1.33. The van der Waals surface area contributed by atoms with E-state index in [0.717, 1.165) is 11.3 Å². The quantitative estimate of drug-likeness (QED) is 0.874. The molecule has 1 heterocycles. The summed E-state index contributed by atoms with van der Waals surface area (Å²) in [6.07, 6.45) is -4.69. The first-order valence-electron chi connectivity index (χ1n) is 4.82. The maximum atomic E-state index is 12.2. The van der Waals surface area contributed by atoms with Crippen LogP contribution in [0.2, 0.25) is 0 Å². The van der Waals surface area contributed by atoms with Gasteiger partial charge in [0, 0.05) is 0 Å². The Hall–Kier alpha value is -1.91. The number of halogens is 3. The lowest BCUT2D eigenvalue weighted by Gasteiger charge is -2.21. The summed E-state index contributed by atoms with van der Waals surface area (Å²) in [5.41, 5.74) is 0. The van der Waals surface area contributed by atoms with Crippen LogP contribution in [0.4, 0.5) is 23.1 Å². The number of carbonyl (C=O) groups excluding carboxylic acids is 1. The molecular weight excluding hydrogens is 289 g/mol. The van der Waals surface area contributed by atoms with Crippen molar-refractivity contribution in [3.8, 4) is 0 Å². The first-order chi connectivity index (χ1) is 8.67. The van der Waals surface area contributed by atoms with E-state index in [1.807, 2.05) is 0 Å². The molecule has 2 N–H and O–H groups in total. The number of hydrogen-bond acceptors (Lipinski definition) is 5. The smallest absolute Gasteiger partial charge is 0.406 e. The van der Waals surface area contributed by atoms with Gasteiger partial charge >= 0.3 is 18.2 Å². The zero-order valence-electron chi connectivity index (χ0n) is 9.56. The van der Waals surface area contributed by atoms with Crippen LogP contribution in [-0.2, 0) is 4.79 Å². The van der Waals surface area contributed by atoms with E-state index in [9.17, 15) is 22.8 Å². The topological polar surface area (TPSA) is 95.4 Å². The molecule has 11 heteroatoms. The maximum absolute atomic E-state index is 12.2. The number of aromatic nitrogens is 2. The van der Waals surface area contributed by atoms with Crippen molar-refractivity contribution in [1.29, 1.82) is 0 Å². The highest BCUT2D eigenvalue weighted by molar-refractivity contribution is 7.15. The van der Waals surface area contributed by atoms with Crippen molar-refractivity contribution >= 4 is 28.5 Å². The van der Waals surface area contributed by atoms with Crippen molar-refractivity contribution in [3.05, 3.63) is 5.01 Å². The fraction of sp³-hybridized carbons (Fsp3) is 0.500. The van der Waals surface area contributed by atoms with Crippen molar-refractivity contribution in [2.75, 3.05) is 18.4 Å². The van der Waals surface area contributed by atoms with E-state index in [0.29, 0.717) is 5.01 Å². The highest BCUT2D eigenvalue weighted by Gasteiger charge is 2.34. The molecule has 0 radical (unpaired) electrons. The second kappa shape index (κ2) is 5.82. The van der Waals surface area contributed by atoms with Gasteiger partial charge in [0.25, 0.3) is 0 Å². The molecule has 0 saturated heterocycles. The molecular formula is C8H9F3N4O3S. The van der Waals surface area contributed by atoms with Gasteiger partial charge in [0.2, 0.25) is 5.13 Å². The van der Waals surface area contributed by atoms with Crippen LogP contribution in [0, 0.1) is 6.92 Å². The molecule has 2 amide bonds. The number of urea groups is 1. The third kappa shape index (κ3) is 5.50. The van der Waals surface area contributed by atoms with E-state index in [-0.39, 0.29) is 10.0 Å². The van der Waals surface area contributed by atoms with Gasteiger partial charge in [-0.3, -0.25) is 10.1 Å². The summed E-state index contributed by atoms with van der Waals surface area (Å²) in [7, 11) is 0. The largest absolute Gasteiger partial charge is 0.480 e. The zero-order valence-corrected chi connectivity index (χ0v) is 10.4. The second-order valence-electron chi connectivity index (χ2n) is 3.42. The Bertz CT molecular complexity index is 476. The van der Waals surface area contributed by atoms with E-state index in [1.54, 1.807) is 6.92 Å². The third-order valence-corrected chi connectivity index (χ3v) is 2.48. The summed E-state index contributed by atoms with van der Waals surface area (Å²) >= 11 is 0.961. The molecule has 0 atom stereocenters. The molecule has 0 aromatic carbocycles. The lowest BCUT2D eigenvalue weighted by molar-refractivity contribution is -0.148. The zero-order chi connectivity index (χ0) is 14.6. The Labute approximate surface area is 109 Å². The van der Waals surface area contributed by atoms with Crippen LogP contribution in [0.1, 0.15) is 5.01 Å². The molecule has 106 valence electrons. The van der Waals surface area contributed by atoms with Crippen LogP contribution < -0.4 is 5.32 Å². The van der Waals surface area contributed by atoms with Gasteiger partial charge in [0.05, 0.1) is 0 Å². The number of amides is 2. The number of aliphatic carboxylic acids is 1. The Morgan fingerprint density at radius 1 is 1.42 bits per heavy atom. The number of nitrogens with one attached hydrogen (secondary N) is 1. The van der Waals surface area contributed by atoms with Crippen molar-refractivity contribution in [2.45, 2.75) is 13.1 Å². The summed E-state index contributed by atoms with van der Waals surface area (Å²) in [5.74, 6) is -1.55. The van der Waals surface area contributed by atoms with Crippen LogP contribution >= 0.6 is 11.3 Å². The van der Waals surface area contributed by atoms with Crippen molar-refractivity contribution < 1.29 is 27.9 Å². The van der Waals surface area contributed by atoms with Crippen molar-refractivity contribution in [2.24, 2.45) is 0 Å². The molecule has 0 aliphatic heterocycles. The number of aryl methyl sites for hydroxylation is 1. The number of rotatable bonds is 4. The SMILES string of the molecule is Cc1nnc(NC(=O)N(CC(=O)O)CC(F)(F)F)s1. The van der Waals surface area contributed by atoms with Gasteiger partial charge in [0.1, 0.15) is 18.1 Å². The standard InChI is InChI=1S/C8H9F3N4O3S/c1-4-13-14-6(19-4)12-7(18)15(2-5(16)17)3-8(9,10)11/h2-3H2,1H3,(H,16,17)(H,12,14,18). The van der Waals surface area contributed by atoms with Gasteiger partial charge in [-0.25, -0.2) is 4.79 Å². The monoisotopic (exact) mass is 298 g/mol. The minimum absolute atomic E-state index is 0.0000586. The molecule has 0 fully saturated rings. The average molecular weight is 298 g/mol. The normalized spacial score (nSPS) is 11.2. The summed E-state index contributed by atoms with van der Waals surface area (Å²) in [6.45, 7) is -1.13. The lowest BCUT2D eigenvalue weighted by Crippen LogP contribution is -2.44. The molecule has 7 nitrogen and oxygen atoms in total. The molecule has 1 rings (SSSR count). The van der Waals surface area contributed by atoms with E-state index >= 15 is 0 Å². The van der Waals surface area contributed by atoms with E-state index in [4.69, 9.17) is 5.11 Å². The Morgan fingerprint density at radius 3 is 2.47 bits per heavy atom.